The van der Waals surface area contributed by atoms with Crippen LogP contribution in [0.25, 0.3) is 0 Å². The summed E-state index contributed by atoms with van der Waals surface area (Å²) >= 11 is 0. The molecule has 0 aliphatic heterocycles. The van der Waals surface area contributed by atoms with E-state index in [2.05, 4.69) is 53.0 Å². The second-order valence-corrected chi connectivity index (χ2v) is 6.85. The second-order valence-electron chi connectivity index (χ2n) is 6.85. The number of hydrogen-bond donors (Lipinski definition) is 2. The predicted octanol–water partition coefficient (Wildman–Crippen LogP) is 3.61. The van der Waals surface area contributed by atoms with E-state index in [1.807, 2.05) is 24.0 Å². The fourth-order valence-electron chi connectivity index (χ4n) is 3.72. The van der Waals surface area contributed by atoms with Crippen LogP contribution in [0, 0.1) is 0 Å². The highest BCUT2D eigenvalue weighted by molar-refractivity contribution is 14.0. The second kappa shape index (κ2) is 9.94. The van der Waals surface area contributed by atoms with Crippen molar-refractivity contribution in [1.29, 1.82) is 0 Å². The van der Waals surface area contributed by atoms with Gasteiger partial charge in [-0.2, -0.15) is 5.10 Å². The minimum Gasteiger partial charge on any atom is -0.357 e. The van der Waals surface area contributed by atoms with E-state index < -0.39 is 0 Å². The van der Waals surface area contributed by atoms with Gasteiger partial charge in [0.2, 0.25) is 0 Å². The van der Waals surface area contributed by atoms with Gasteiger partial charge in [-0.15, -0.1) is 24.0 Å². The minimum absolute atomic E-state index is 0. The Labute approximate surface area is 173 Å². The number of halogens is 1. The maximum atomic E-state index is 4.74. The van der Waals surface area contributed by atoms with Crippen LogP contribution in [0.15, 0.2) is 47.6 Å². The average molecular weight is 467 g/mol. The highest BCUT2D eigenvalue weighted by Gasteiger charge is 2.35. The molecule has 1 aliphatic carbocycles. The lowest BCUT2D eigenvalue weighted by atomic mass is 9.79. The molecule has 0 amide bonds. The first kappa shape index (κ1) is 20.7. The zero-order valence-electron chi connectivity index (χ0n) is 15.7. The Morgan fingerprint density at radius 2 is 1.88 bits per heavy atom. The van der Waals surface area contributed by atoms with Crippen molar-refractivity contribution < 1.29 is 0 Å². The third kappa shape index (κ3) is 4.99. The van der Waals surface area contributed by atoms with E-state index in [0.717, 1.165) is 24.7 Å². The van der Waals surface area contributed by atoms with Crippen molar-refractivity contribution in [2.45, 2.75) is 44.6 Å². The minimum atomic E-state index is 0. The van der Waals surface area contributed by atoms with E-state index in [4.69, 9.17) is 4.99 Å². The first-order valence-corrected chi connectivity index (χ1v) is 9.28. The molecule has 2 N–H and O–H groups in total. The van der Waals surface area contributed by atoms with Gasteiger partial charge in [0.1, 0.15) is 0 Å². The smallest absolute Gasteiger partial charge is 0.191 e. The number of aromatic nitrogens is 2. The number of nitrogens with zero attached hydrogens (tertiary/aromatic N) is 3. The maximum absolute atomic E-state index is 4.74. The largest absolute Gasteiger partial charge is 0.357 e. The van der Waals surface area contributed by atoms with Crippen molar-refractivity contribution in [3.8, 4) is 0 Å². The summed E-state index contributed by atoms with van der Waals surface area (Å²) in [6, 6.07) is 12.9. The summed E-state index contributed by atoms with van der Waals surface area (Å²) in [5, 5.41) is 11.2. The van der Waals surface area contributed by atoms with Crippen LogP contribution < -0.4 is 10.6 Å². The number of benzene rings is 1. The van der Waals surface area contributed by atoms with Crippen LogP contribution >= 0.6 is 24.0 Å². The van der Waals surface area contributed by atoms with Gasteiger partial charge in [0.15, 0.2) is 5.96 Å². The van der Waals surface area contributed by atoms with Crippen molar-refractivity contribution in [1.82, 2.24) is 20.4 Å². The number of aryl methyl sites for hydroxylation is 1. The highest BCUT2D eigenvalue weighted by Crippen LogP contribution is 2.40. The number of rotatable bonds is 6. The molecule has 0 bridgehead atoms. The molecular formula is C20H30IN5. The first-order chi connectivity index (χ1) is 12.2. The lowest BCUT2D eigenvalue weighted by Crippen LogP contribution is -2.44. The molecule has 1 aromatic heterocycles. The molecule has 2 aromatic rings. The monoisotopic (exact) mass is 467 g/mol. The Bertz CT molecular complexity index is 689. The molecule has 0 atom stereocenters. The molecule has 6 heteroatoms. The van der Waals surface area contributed by atoms with Crippen LogP contribution in [0.1, 0.15) is 43.9 Å². The summed E-state index contributed by atoms with van der Waals surface area (Å²) in [5.74, 6) is 0.880. The van der Waals surface area contributed by atoms with Gasteiger partial charge in [0.25, 0.3) is 0 Å². The molecule has 1 aliphatic rings. The van der Waals surface area contributed by atoms with Gasteiger partial charge in [-0.3, -0.25) is 4.68 Å². The molecule has 0 saturated heterocycles. The SMILES string of the molecule is CCNC(=NCc1ccnn1C)NCC1(c2ccccc2)CCCC1.I. The van der Waals surface area contributed by atoms with Crippen molar-refractivity contribution in [3.63, 3.8) is 0 Å². The summed E-state index contributed by atoms with van der Waals surface area (Å²) < 4.78 is 1.87. The van der Waals surface area contributed by atoms with Gasteiger partial charge in [-0.05, 0) is 31.4 Å². The standard InChI is InChI=1S/C20H29N5.HI/c1-3-21-19(22-15-18-11-14-24-25(18)2)23-16-20(12-7-8-13-20)17-9-5-4-6-10-17;/h4-6,9-11,14H,3,7-8,12-13,15-16H2,1-2H3,(H2,21,22,23);1H. The van der Waals surface area contributed by atoms with E-state index in [1.54, 1.807) is 0 Å². The molecule has 26 heavy (non-hydrogen) atoms. The Balaban J connectivity index is 0.00000243. The third-order valence-corrected chi connectivity index (χ3v) is 5.21. The fourth-order valence-corrected chi connectivity index (χ4v) is 3.72. The number of guanidine groups is 1. The molecule has 1 fully saturated rings. The van der Waals surface area contributed by atoms with Gasteiger partial charge >= 0.3 is 0 Å². The van der Waals surface area contributed by atoms with Gasteiger partial charge in [-0.1, -0.05) is 43.2 Å². The van der Waals surface area contributed by atoms with E-state index >= 15 is 0 Å². The van der Waals surface area contributed by atoms with E-state index in [1.165, 1.54) is 31.2 Å². The Morgan fingerprint density at radius 3 is 2.50 bits per heavy atom. The van der Waals surface area contributed by atoms with Crippen LogP contribution in [-0.2, 0) is 19.0 Å². The van der Waals surface area contributed by atoms with Crippen molar-refractivity contribution >= 4 is 29.9 Å². The summed E-state index contributed by atoms with van der Waals surface area (Å²) in [7, 11) is 1.95. The van der Waals surface area contributed by atoms with Crippen molar-refractivity contribution in [2.75, 3.05) is 13.1 Å². The molecule has 5 nitrogen and oxygen atoms in total. The lowest BCUT2D eigenvalue weighted by molar-refractivity contribution is 0.431. The summed E-state index contributed by atoms with van der Waals surface area (Å²) in [6.45, 7) is 4.51. The molecule has 142 valence electrons. The molecule has 1 saturated carbocycles. The van der Waals surface area contributed by atoms with E-state index in [-0.39, 0.29) is 29.4 Å². The van der Waals surface area contributed by atoms with Gasteiger partial charge < -0.3 is 10.6 Å². The van der Waals surface area contributed by atoms with E-state index in [0.29, 0.717) is 6.54 Å². The van der Waals surface area contributed by atoms with Crippen LogP contribution in [0.2, 0.25) is 0 Å². The molecule has 3 rings (SSSR count). The first-order valence-electron chi connectivity index (χ1n) is 9.28. The fraction of sp³-hybridized carbons (Fsp3) is 0.500. The summed E-state index contributed by atoms with van der Waals surface area (Å²) in [5.41, 5.74) is 2.78. The normalized spacial score (nSPS) is 16.2. The topological polar surface area (TPSA) is 54.2 Å². The van der Waals surface area contributed by atoms with Crippen molar-refractivity contribution in [3.05, 3.63) is 53.9 Å². The van der Waals surface area contributed by atoms with Crippen molar-refractivity contribution in [2.24, 2.45) is 12.0 Å². The van der Waals surface area contributed by atoms with Gasteiger partial charge in [0.05, 0.1) is 12.2 Å². The number of nitrogens with one attached hydrogen (secondary N) is 2. The predicted molar refractivity (Wildman–Crippen MR) is 118 cm³/mol. The Morgan fingerprint density at radius 1 is 1.15 bits per heavy atom. The molecule has 1 aromatic carbocycles. The van der Waals surface area contributed by atoms with Crippen LogP contribution in [0.3, 0.4) is 0 Å². The highest BCUT2D eigenvalue weighted by atomic mass is 127. The Kier molecular flexibility index (Phi) is 7.93. The molecular weight excluding hydrogens is 437 g/mol. The van der Waals surface area contributed by atoms with Gasteiger partial charge in [0, 0.05) is 31.7 Å². The number of aliphatic imine (C=N–C) groups is 1. The molecule has 0 spiro atoms. The maximum Gasteiger partial charge on any atom is 0.191 e. The van der Waals surface area contributed by atoms with Crippen LogP contribution in [-0.4, -0.2) is 28.8 Å². The third-order valence-electron chi connectivity index (χ3n) is 5.21. The average Bonchev–Trinajstić information content (AvgIpc) is 3.28. The molecule has 0 unspecified atom stereocenters. The number of hydrogen-bond acceptors (Lipinski definition) is 2. The quantitative estimate of drug-likeness (QED) is 0.388. The van der Waals surface area contributed by atoms with Gasteiger partial charge in [-0.25, -0.2) is 4.99 Å². The zero-order valence-corrected chi connectivity index (χ0v) is 18.1. The lowest BCUT2D eigenvalue weighted by Gasteiger charge is -2.30. The summed E-state index contributed by atoms with van der Waals surface area (Å²) in [6.07, 6.45) is 6.91. The van der Waals surface area contributed by atoms with E-state index in [9.17, 15) is 0 Å². The zero-order chi connectivity index (χ0) is 17.5. The molecule has 1 heterocycles. The van der Waals surface area contributed by atoms with Crippen LogP contribution in [0.5, 0.6) is 0 Å². The Hall–Kier alpha value is -1.57. The van der Waals surface area contributed by atoms with Crippen LogP contribution in [0.4, 0.5) is 0 Å². The molecule has 0 radical (unpaired) electrons. The summed E-state index contributed by atoms with van der Waals surface area (Å²) in [4.78, 5) is 4.74.